The van der Waals surface area contributed by atoms with Crippen LogP contribution in [0.4, 0.5) is 11.6 Å². The van der Waals surface area contributed by atoms with Crippen molar-refractivity contribution in [2.45, 2.75) is 31.3 Å². The van der Waals surface area contributed by atoms with Crippen LogP contribution in [0.2, 0.25) is 0 Å². The van der Waals surface area contributed by atoms with Gasteiger partial charge in [0, 0.05) is 29.7 Å². The maximum atomic E-state index is 5.75. The van der Waals surface area contributed by atoms with Gasteiger partial charge in [0.1, 0.15) is 17.5 Å². The summed E-state index contributed by atoms with van der Waals surface area (Å²) < 4.78 is 0. The van der Waals surface area contributed by atoms with Crippen LogP contribution in [0.1, 0.15) is 19.7 Å². The summed E-state index contributed by atoms with van der Waals surface area (Å²) in [5, 5.41) is 1.28. The number of aromatic nitrogens is 2. The fourth-order valence-corrected chi connectivity index (χ4v) is 3.43. The monoisotopic (exact) mass is 238 g/mol. The molecule has 1 aromatic heterocycles. The van der Waals surface area contributed by atoms with Crippen LogP contribution in [0, 0.1) is 6.92 Å². The summed E-state index contributed by atoms with van der Waals surface area (Å²) in [6.07, 6.45) is 0. The SMILES string of the molecule is Cc1nc(N)cc(N2CC(C)SC(C)C2)n1. The Kier molecular flexibility index (Phi) is 3.23. The van der Waals surface area contributed by atoms with Crippen LogP contribution < -0.4 is 10.6 Å². The largest absolute Gasteiger partial charge is 0.384 e. The Morgan fingerprint density at radius 2 is 1.94 bits per heavy atom. The number of rotatable bonds is 1. The number of nitrogens with zero attached hydrogens (tertiary/aromatic N) is 3. The Hall–Kier alpha value is -0.970. The van der Waals surface area contributed by atoms with Crippen molar-refractivity contribution in [3.63, 3.8) is 0 Å². The predicted octanol–water partition coefficient (Wildman–Crippen LogP) is 1.70. The molecule has 0 radical (unpaired) electrons. The third kappa shape index (κ3) is 2.58. The van der Waals surface area contributed by atoms with E-state index >= 15 is 0 Å². The highest BCUT2D eigenvalue weighted by atomic mass is 32.2. The highest BCUT2D eigenvalue weighted by Gasteiger charge is 2.23. The van der Waals surface area contributed by atoms with E-state index in [1.54, 1.807) is 0 Å². The number of anilines is 2. The maximum Gasteiger partial charge on any atom is 0.134 e. The third-order valence-corrected chi connectivity index (χ3v) is 3.82. The van der Waals surface area contributed by atoms with Crippen LogP contribution in [0.3, 0.4) is 0 Å². The molecule has 0 bridgehead atoms. The van der Waals surface area contributed by atoms with Crippen molar-refractivity contribution in [1.82, 2.24) is 9.97 Å². The van der Waals surface area contributed by atoms with E-state index in [1.165, 1.54) is 0 Å². The van der Waals surface area contributed by atoms with Crippen molar-refractivity contribution >= 4 is 23.4 Å². The zero-order chi connectivity index (χ0) is 11.7. The van der Waals surface area contributed by atoms with Gasteiger partial charge in [-0.15, -0.1) is 0 Å². The lowest BCUT2D eigenvalue weighted by atomic mass is 10.3. The van der Waals surface area contributed by atoms with Crippen molar-refractivity contribution in [1.29, 1.82) is 0 Å². The van der Waals surface area contributed by atoms with Crippen LogP contribution in [-0.4, -0.2) is 33.6 Å². The van der Waals surface area contributed by atoms with E-state index in [2.05, 4.69) is 28.7 Å². The Labute approximate surface area is 101 Å². The number of hydrogen-bond acceptors (Lipinski definition) is 5. The fourth-order valence-electron chi connectivity index (χ4n) is 2.10. The molecule has 1 fully saturated rings. The first kappa shape index (κ1) is 11.5. The first-order chi connectivity index (χ1) is 7.54. The van der Waals surface area contributed by atoms with Crippen LogP contribution in [0.25, 0.3) is 0 Å². The van der Waals surface area contributed by atoms with E-state index in [1.807, 2.05) is 24.8 Å². The van der Waals surface area contributed by atoms with Crippen LogP contribution in [-0.2, 0) is 0 Å². The van der Waals surface area contributed by atoms with Gasteiger partial charge in [0.2, 0.25) is 0 Å². The third-order valence-electron chi connectivity index (χ3n) is 2.59. The molecular weight excluding hydrogens is 220 g/mol. The van der Waals surface area contributed by atoms with E-state index in [4.69, 9.17) is 5.73 Å². The molecule has 0 aromatic carbocycles. The van der Waals surface area contributed by atoms with E-state index in [9.17, 15) is 0 Å². The Morgan fingerprint density at radius 3 is 2.50 bits per heavy atom. The number of nitrogens with two attached hydrogens (primary N) is 1. The molecule has 0 saturated carbocycles. The van der Waals surface area contributed by atoms with Crippen LogP contribution in [0.15, 0.2) is 6.07 Å². The molecule has 1 aliphatic rings. The zero-order valence-corrected chi connectivity index (χ0v) is 10.8. The molecule has 0 aliphatic carbocycles. The molecule has 1 saturated heterocycles. The van der Waals surface area contributed by atoms with Gasteiger partial charge in [-0.3, -0.25) is 0 Å². The number of thioether (sulfide) groups is 1. The molecule has 1 aromatic rings. The number of hydrogen-bond donors (Lipinski definition) is 1. The first-order valence-electron chi connectivity index (χ1n) is 5.56. The van der Waals surface area contributed by atoms with Crippen molar-refractivity contribution in [3.8, 4) is 0 Å². The van der Waals surface area contributed by atoms with Gasteiger partial charge < -0.3 is 10.6 Å². The Bertz CT molecular complexity index is 352. The minimum Gasteiger partial charge on any atom is -0.384 e. The standard InChI is InChI=1S/C11H18N4S/c1-7-5-15(6-8(2)16-7)11-4-10(12)13-9(3)14-11/h4,7-8H,5-6H2,1-3H3,(H2,12,13,14). The molecule has 2 unspecified atom stereocenters. The summed E-state index contributed by atoms with van der Waals surface area (Å²) in [4.78, 5) is 10.9. The van der Waals surface area contributed by atoms with Crippen molar-refractivity contribution in [2.24, 2.45) is 0 Å². The average molecular weight is 238 g/mol. The molecule has 2 atom stereocenters. The highest BCUT2D eigenvalue weighted by molar-refractivity contribution is 8.00. The molecule has 16 heavy (non-hydrogen) atoms. The van der Waals surface area contributed by atoms with E-state index in [0.717, 1.165) is 24.7 Å². The summed E-state index contributed by atoms with van der Waals surface area (Å²) in [6.45, 7) is 8.46. The first-order valence-corrected chi connectivity index (χ1v) is 6.50. The fraction of sp³-hybridized carbons (Fsp3) is 0.636. The molecule has 2 heterocycles. The lowest BCUT2D eigenvalue weighted by molar-refractivity contribution is 0.715. The van der Waals surface area contributed by atoms with Crippen LogP contribution in [0.5, 0.6) is 0 Å². The normalized spacial score (nSPS) is 25.8. The second-order valence-corrected chi connectivity index (χ2v) is 6.24. The number of nitrogen functional groups attached to an aromatic ring is 1. The van der Waals surface area contributed by atoms with Gasteiger partial charge in [-0.2, -0.15) is 11.8 Å². The minimum absolute atomic E-state index is 0.557. The predicted molar refractivity (Wildman–Crippen MR) is 69.9 cm³/mol. The van der Waals surface area contributed by atoms with Gasteiger partial charge in [-0.1, -0.05) is 13.8 Å². The van der Waals surface area contributed by atoms with Crippen LogP contribution >= 0.6 is 11.8 Å². The molecular formula is C11H18N4S. The Balaban J connectivity index is 2.22. The second kappa shape index (κ2) is 4.49. The second-order valence-electron chi connectivity index (χ2n) is 4.36. The van der Waals surface area contributed by atoms with Gasteiger partial charge in [-0.25, -0.2) is 9.97 Å². The molecule has 1 aliphatic heterocycles. The highest BCUT2D eigenvalue weighted by Crippen LogP contribution is 2.27. The lowest BCUT2D eigenvalue weighted by Gasteiger charge is -2.35. The summed E-state index contributed by atoms with van der Waals surface area (Å²) in [5.74, 6) is 2.26. The van der Waals surface area contributed by atoms with E-state index < -0.39 is 0 Å². The smallest absolute Gasteiger partial charge is 0.134 e. The van der Waals surface area contributed by atoms with E-state index in [0.29, 0.717) is 16.3 Å². The van der Waals surface area contributed by atoms with Gasteiger partial charge in [0.15, 0.2) is 0 Å². The van der Waals surface area contributed by atoms with Gasteiger partial charge in [0.25, 0.3) is 0 Å². The van der Waals surface area contributed by atoms with Crippen molar-refractivity contribution in [2.75, 3.05) is 23.7 Å². The van der Waals surface area contributed by atoms with Crippen molar-refractivity contribution in [3.05, 3.63) is 11.9 Å². The van der Waals surface area contributed by atoms with Gasteiger partial charge in [-0.05, 0) is 6.92 Å². The molecule has 88 valence electrons. The van der Waals surface area contributed by atoms with Crippen molar-refractivity contribution < 1.29 is 0 Å². The summed E-state index contributed by atoms with van der Waals surface area (Å²) in [5.41, 5.74) is 5.75. The Morgan fingerprint density at radius 1 is 1.31 bits per heavy atom. The minimum atomic E-state index is 0.557. The molecule has 2 rings (SSSR count). The molecule has 2 N–H and O–H groups in total. The summed E-state index contributed by atoms with van der Waals surface area (Å²) in [6, 6.07) is 1.86. The topological polar surface area (TPSA) is 55.0 Å². The average Bonchev–Trinajstić information content (AvgIpc) is 2.14. The number of aryl methyl sites for hydroxylation is 1. The quantitative estimate of drug-likeness (QED) is 0.807. The van der Waals surface area contributed by atoms with Gasteiger partial charge >= 0.3 is 0 Å². The summed E-state index contributed by atoms with van der Waals surface area (Å²) >= 11 is 2.03. The zero-order valence-electron chi connectivity index (χ0n) is 9.97. The molecule has 4 nitrogen and oxygen atoms in total. The molecule has 0 amide bonds. The van der Waals surface area contributed by atoms with Gasteiger partial charge in [0.05, 0.1) is 0 Å². The van der Waals surface area contributed by atoms with E-state index in [-0.39, 0.29) is 0 Å². The lowest BCUT2D eigenvalue weighted by Crippen LogP contribution is -2.41. The summed E-state index contributed by atoms with van der Waals surface area (Å²) in [7, 11) is 0. The molecule has 5 heteroatoms. The maximum absolute atomic E-state index is 5.75. The molecule has 0 spiro atoms.